The van der Waals surface area contributed by atoms with Crippen molar-refractivity contribution in [1.82, 2.24) is 34.7 Å². The molecule has 2 fully saturated rings. The van der Waals surface area contributed by atoms with Gasteiger partial charge < -0.3 is 29.5 Å². The Morgan fingerprint density at radius 2 is 1.67 bits per heavy atom. The van der Waals surface area contributed by atoms with E-state index in [4.69, 9.17) is 24.4 Å². The molecule has 0 aliphatic carbocycles. The van der Waals surface area contributed by atoms with Crippen LogP contribution in [0.4, 0.5) is 20.7 Å². The van der Waals surface area contributed by atoms with Gasteiger partial charge in [-0.1, -0.05) is 6.07 Å². The number of hydrogen-bond acceptors (Lipinski definition) is 10. The van der Waals surface area contributed by atoms with Crippen LogP contribution in [0.2, 0.25) is 0 Å². The van der Waals surface area contributed by atoms with Gasteiger partial charge in [0.25, 0.3) is 6.43 Å². The molecule has 1 aromatic carbocycles. The molecule has 5 rings (SSSR count). The standard InChI is InChI=1S/C26H37F2N9O2/c1-29-18-8-11-35(12-9-18)24-31-25(36-13-16-38-17-14-36)33-26(32-24)37-19-6-4-7-20(39-15-5-10-34(2)3)21(19)30-23(37)22(27)28/h4,6-7,18,22,29H,5,8-17H2,1-3H3. The van der Waals surface area contributed by atoms with Crippen molar-refractivity contribution in [2.45, 2.75) is 31.7 Å². The fourth-order valence-corrected chi connectivity index (χ4v) is 4.99. The van der Waals surface area contributed by atoms with Crippen LogP contribution in [0.25, 0.3) is 17.0 Å². The summed E-state index contributed by atoms with van der Waals surface area (Å²) in [5.74, 6) is 1.10. The van der Waals surface area contributed by atoms with Crippen LogP contribution in [-0.4, -0.2) is 109 Å². The van der Waals surface area contributed by atoms with Gasteiger partial charge in [0.05, 0.1) is 25.3 Å². The Morgan fingerprint density at radius 1 is 1.00 bits per heavy atom. The Kier molecular flexibility index (Phi) is 8.68. The van der Waals surface area contributed by atoms with Gasteiger partial charge in [-0.15, -0.1) is 0 Å². The Bertz CT molecular complexity index is 1240. The Morgan fingerprint density at radius 3 is 2.31 bits per heavy atom. The number of fused-ring (bicyclic) bond motifs is 1. The normalized spacial score (nSPS) is 17.1. The zero-order valence-electron chi connectivity index (χ0n) is 22.8. The molecule has 0 spiro atoms. The number of piperidine rings is 1. The summed E-state index contributed by atoms with van der Waals surface area (Å²) >= 11 is 0. The molecule has 39 heavy (non-hydrogen) atoms. The van der Waals surface area contributed by atoms with Gasteiger partial charge >= 0.3 is 0 Å². The first-order valence-electron chi connectivity index (χ1n) is 13.5. The predicted molar refractivity (Wildman–Crippen MR) is 145 cm³/mol. The second kappa shape index (κ2) is 12.3. The predicted octanol–water partition coefficient (Wildman–Crippen LogP) is 2.50. The molecule has 0 atom stereocenters. The van der Waals surface area contributed by atoms with Gasteiger partial charge in [-0.2, -0.15) is 15.0 Å². The minimum atomic E-state index is -2.84. The number of aromatic nitrogens is 5. The van der Waals surface area contributed by atoms with E-state index < -0.39 is 12.2 Å². The van der Waals surface area contributed by atoms with Gasteiger partial charge in [0.2, 0.25) is 17.8 Å². The summed E-state index contributed by atoms with van der Waals surface area (Å²) in [6.45, 7) is 5.15. The second-order valence-corrected chi connectivity index (χ2v) is 10.1. The fourth-order valence-electron chi connectivity index (χ4n) is 4.99. The molecule has 2 aliphatic heterocycles. The van der Waals surface area contributed by atoms with Crippen molar-refractivity contribution in [2.24, 2.45) is 0 Å². The molecule has 2 saturated heterocycles. The van der Waals surface area contributed by atoms with Crippen molar-refractivity contribution < 1.29 is 18.3 Å². The lowest BCUT2D eigenvalue weighted by molar-refractivity contribution is 0.122. The molecule has 0 amide bonds. The molecular weight excluding hydrogens is 508 g/mol. The Labute approximate surface area is 227 Å². The molecule has 3 aromatic rings. The minimum Gasteiger partial charge on any atom is -0.491 e. The number of nitrogens with one attached hydrogen (secondary N) is 1. The highest BCUT2D eigenvalue weighted by atomic mass is 19.3. The molecule has 2 aliphatic rings. The summed E-state index contributed by atoms with van der Waals surface area (Å²) in [5.41, 5.74) is 0.830. The van der Waals surface area contributed by atoms with Gasteiger partial charge in [-0.25, -0.2) is 13.8 Å². The molecule has 1 N–H and O–H groups in total. The highest BCUT2D eigenvalue weighted by Gasteiger charge is 2.28. The van der Waals surface area contributed by atoms with E-state index >= 15 is 0 Å². The number of anilines is 2. The molecular formula is C26H37F2N9O2. The van der Waals surface area contributed by atoms with E-state index in [0.29, 0.717) is 67.6 Å². The first-order valence-corrected chi connectivity index (χ1v) is 13.5. The average molecular weight is 546 g/mol. The number of rotatable bonds is 10. The minimum absolute atomic E-state index is 0.125. The van der Waals surface area contributed by atoms with E-state index in [2.05, 4.69) is 20.1 Å². The monoisotopic (exact) mass is 545 g/mol. The fraction of sp³-hybridized carbons (Fsp3) is 0.615. The summed E-state index contributed by atoms with van der Waals surface area (Å²) in [4.78, 5) is 24.7. The maximum atomic E-state index is 14.4. The Hall–Kier alpha value is -3.16. The van der Waals surface area contributed by atoms with Crippen LogP contribution in [0, 0.1) is 0 Å². The summed E-state index contributed by atoms with van der Waals surface area (Å²) in [5, 5.41) is 3.33. The van der Waals surface area contributed by atoms with Crippen molar-refractivity contribution >= 4 is 22.9 Å². The second-order valence-electron chi connectivity index (χ2n) is 10.1. The molecule has 0 saturated carbocycles. The highest BCUT2D eigenvalue weighted by Crippen LogP contribution is 2.33. The first-order chi connectivity index (χ1) is 18.9. The average Bonchev–Trinajstić information content (AvgIpc) is 3.36. The lowest BCUT2D eigenvalue weighted by Gasteiger charge is -2.33. The molecule has 212 valence electrons. The summed E-state index contributed by atoms with van der Waals surface area (Å²) in [6.07, 6.45) is -0.155. The van der Waals surface area contributed by atoms with Crippen molar-refractivity contribution in [3.63, 3.8) is 0 Å². The number of benzene rings is 1. The molecule has 0 bridgehead atoms. The zero-order chi connectivity index (χ0) is 27.4. The van der Waals surface area contributed by atoms with Crippen LogP contribution in [-0.2, 0) is 4.74 Å². The topological polar surface area (TPSA) is 96.7 Å². The van der Waals surface area contributed by atoms with Gasteiger partial charge in [-0.3, -0.25) is 4.57 Å². The third kappa shape index (κ3) is 6.20. The van der Waals surface area contributed by atoms with Crippen LogP contribution in [0.3, 0.4) is 0 Å². The number of alkyl halides is 2. The third-order valence-corrected chi connectivity index (χ3v) is 7.16. The van der Waals surface area contributed by atoms with E-state index in [1.807, 2.05) is 26.0 Å². The molecule has 2 aromatic heterocycles. The first kappa shape index (κ1) is 27.4. The Balaban J connectivity index is 1.56. The third-order valence-electron chi connectivity index (χ3n) is 7.16. The number of hydrogen-bond donors (Lipinski definition) is 1. The van der Waals surface area contributed by atoms with Crippen LogP contribution < -0.4 is 19.9 Å². The number of nitrogens with zero attached hydrogens (tertiary/aromatic N) is 8. The maximum absolute atomic E-state index is 14.4. The van der Waals surface area contributed by atoms with Gasteiger partial charge in [0, 0.05) is 38.8 Å². The smallest absolute Gasteiger partial charge is 0.296 e. The summed E-state index contributed by atoms with van der Waals surface area (Å²) < 4.78 is 41.7. The SMILES string of the molecule is CNC1CCN(c2nc(N3CCOCC3)nc(-n3c(C(F)F)nc4c(OCCCN(C)C)cccc43)n2)CC1. The highest BCUT2D eigenvalue weighted by molar-refractivity contribution is 5.84. The zero-order valence-corrected chi connectivity index (χ0v) is 22.8. The largest absolute Gasteiger partial charge is 0.491 e. The lowest BCUT2D eigenvalue weighted by Crippen LogP contribution is -2.42. The van der Waals surface area contributed by atoms with Crippen LogP contribution in [0.15, 0.2) is 18.2 Å². The molecule has 11 nitrogen and oxygen atoms in total. The molecule has 4 heterocycles. The van der Waals surface area contributed by atoms with Crippen LogP contribution >= 0.6 is 0 Å². The van der Waals surface area contributed by atoms with E-state index in [1.165, 1.54) is 4.57 Å². The summed E-state index contributed by atoms with van der Waals surface area (Å²) in [6, 6.07) is 5.72. The van der Waals surface area contributed by atoms with Crippen molar-refractivity contribution in [3.8, 4) is 11.7 Å². The molecule has 13 heteroatoms. The lowest BCUT2D eigenvalue weighted by atomic mass is 10.1. The van der Waals surface area contributed by atoms with Crippen LogP contribution in [0.1, 0.15) is 31.5 Å². The number of ether oxygens (including phenoxy) is 2. The molecule has 0 unspecified atom stereocenters. The van der Waals surface area contributed by atoms with Crippen molar-refractivity contribution in [3.05, 3.63) is 24.0 Å². The van der Waals surface area contributed by atoms with E-state index in [9.17, 15) is 8.78 Å². The van der Waals surface area contributed by atoms with E-state index in [1.54, 1.807) is 18.2 Å². The van der Waals surface area contributed by atoms with Gasteiger partial charge in [0.1, 0.15) is 11.3 Å². The van der Waals surface area contributed by atoms with Crippen molar-refractivity contribution in [1.29, 1.82) is 0 Å². The van der Waals surface area contributed by atoms with E-state index in [0.717, 1.165) is 38.9 Å². The van der Waals surface area contributed by atoms with Gasteiger partial charge in [0.15, 0.2) is 5.82 Å². The number of halogens is 2. The quantitative estimate of drug-likeness (QED) is 0.383. The van der Waals surface area contributed by atoms with E-state index in [-0.39, 0.29) is 5.95 Å². The number of morpholine rings is 1. The maximum Gasteiger partial charge on any atom is 0.296 e. The number of imidazole rings is 1. The molecule has 0 radical (unpaired) electrons. The number of para-hydroxylation sites is 1. The van der Waals surface area contributed by atoms with Crippen LogP contribution in [0.5, 0.6) is 5.75 Å². The summed E-state index contributed by atoms with van der Waals surface area (Å²) in [7, 11) is 5.96. The van der Waals surface area contributed by atoms with Gasteiger partial charge in [-0.05, 0) is 52.5 Å². The van der Waals surface area contributed by atoms with Crippen molar-refractivity contribution in [2.75, 3.05) is 83.5 Å².